The molecular formula is C16H11N3. The van der Waals surface area contributed by atoms with Gasteiger partial charge in [0.2, 0.25) is 0 Å². The van der Waals surface area contributed by atoms with Crippen LogP contribution in [0.3, 0.4) is 0 Å². The van der Waals surface area contributed by atoms with Crippen LogP contribution in [0.2, 0.25) is 0 Å². The Morgan fingerprint density at radius 2 is 1.95 bits per heavy atom. The van der Waals surface area contributed by atoms with Crippen molar-refractivity contribution in [2.24, 2.45) is 0 Å². The first-order valence-corrected chi connectivity index (χ1v) is 6.00. The Balaban J connectivity index is 2.40. The number of fused-ring (bicyclic) bond motifs is 1. The Kier molecular flexibility index (Phi) is 2.70. The van der Waals surface area contributed by atoms with Crippen LogP contribution in [0.25, 0.3) is 22.0 Å². The van der Waals surface area contributed by atoms with E-state index < -0.39 is 0 Å². The number of hydrogen-bond donors (Lipinski definition) is 0. The fourth-order valence-corrected chi connectivity index (χ4v) is 2.20. The molecule has 0 unspecified atom stereocenters. The number of nitriles is 1. The van der Waals surface area contributed by atoms with Crippen molar-refractivity contribution in [3.63, 3.8) is 0 Å². The lowest BCUT2D eigenvalue weighted by Crippen LogP contribution is -1.91. The Hall–Kier alpha value is -2.73. The van der Waals surface area contributed by atoms with Gasteiger partial charge in [0.25, 0.3) is 0 Å². The van der Waals surface area contributed by atoms with E-state index in [0.717, 1.165) is 27.6 Å². The van der Waals surface area contributed by atoms with E-state index in [1.807, 2.05) is 49.5 Å². The minimum atomic E-state index is 0.428. The topological polar surface area (TPSA) is 49.6 Å². The van der Waals surface area contributed by atoms with Crippen LogP contribution in [0.5, 0.6) is 0 Å². The van der Waals surface area contributed by atoms with Crippen LogP contribution in [0.15, 0.2) is 48.8 Å². The highest BCUT2D eigenvalue weighted by Crippen LogP contribution is 2.29. The molecule has 0 aliphatic heterocycles. The second-order valence-corrected chi connectivity index (χ2v) is 4.37. The van der Waals surface area contributed by atoms with Gasteiger partial charge in [0.1, 0.15) is 11.8 Å². The molecule has 2 aromatic heterocycles. The van der Waals surface area contributed by atoms with E-state index in [4.69, 9.17) is 5.26 Å². The summed E-state index contributed by atoms with van der Waals surface area (Å²) in [6.07, 6.45) is 3.60. The second-order valence-electron chi connectivity index (χ2n) is 4.37. The monoisotopic (exact) mass is 245 g/mol. The zero-order valence-electron chi connectivity index (χ0n) is 10.5. The smallest absolute Gasteiger partial charge is 0.141 e. The molecule has 0 amide bonds. The van der Waals surface area contributed by atoms with Crippen LogP contribution in [-0.4, -0.2) is 9.97 Å². The van der Waals surface area contributed by atoms with Gasteiger partial charge in [-0.05, 0) is 36.2 Å². The summed E-state index contributed by atoms with van der Waals surface area (Å²) in [6, 6.07) is 13.8. The normalized spacial score (nSPS) is 10.3. The third-order valence-corrected chi connectivity index (χ3v) is 3.16. The molecule has 0 spiro atoms. The Labute approximate surface area is 111 Å². The molecule has 1 aromatic carbocycles. The standard InChI is InChI=1S/C16H11N3/c1-11-6-7-18-10-15(11)14-8-12(9-17)19-16-5-3-2-4-13(14)16/h2-8,10H,1H3. The third kappa shape index (κ3) is 1.94. The minimum Gasteiger partial charge on any atom is -0.264 e. The molecule has 90 valence electrons. The fourth-order valence-electron chi connectivity index (χ4n) is 2.20. The molecule has 3 nitrogen and oxygen atoms in total. The predicted molar refractivity (Wildman–Crippen MR) is 74.4 cm³/mol. The van der Waals surface area contributed by atoms with Crippen molar-refractivity contribution in [3.05, 3.63) is 60.0 Å². The molecule has 0 radical (unpaired) electrons. The van der Waals surface area contributed by atoms with E-state index in [9.17, 15) is 0 Å². The van der Waals surface area contributed by atoms with Crippen molar-refractivity contribution in [1.82, 2.24) is 9.97 Å². The summed E-state index contributed by atoms with van der Waals surface area (Å²) >= 11 is 0. The second kappa shape index (κ2) is 4.51. The van der Waals surface area contributed by atoms with Gasteiger partial charge in [0.15, 0.2) is 0 Å². The number of aromatic nitrogens is 2. The molecule has 3 heteroatoms. The maximum absolute atomic E-state index is 9.11. The fraction of sp³-hybridized carbons (Fsp3) is 0.0625. The molecule has 0 fully saturated rings. The van der Waals surface area contributed by atoms with Crippen molar-refractivity contribution in [3.8, 4) is 17.2 Å². The largest absolute Gasteiger partial charge is 0.264 e. The van der Waals surface area contributed by atoms with E-state index in [1.165, 1.54) is 0 Å². The van der Waals surface area contributed by atoms with Crippen molar-refractivity contribution < 1.29 is 0 Å². The number of pyridine rings is 2. The van der Waals surface area contributed by atoms with Crippen LogP contribution in [0.4, 0.5) is 0 Å². The van der Waals surface area contributed by atoms with Crippen LogP contribution in [0, 0.1) is 18.3 Å². The van der Waals surface area contributed by atoms with Gasteiger partial charge < -0.3 is 0 Å². The average molecular weight is 245 g/mol. The zero-order chi connectivity index (χ0) is 13.2. The van der Waals surface area contributed by atoms with Gasteiger partial charge in [0.05, 0.1) is 5.52 Å². The lowest BCUT2D eigenvalue weighted by Gasteiger charge is -2.09. The molecule has 0 aliphatic rings. The molecule has 3 aromatic rings. The highest BCUT2D eigenvalue weighted by atomic mass is 14.7. The summed E-state index contributed by atoms with van der Waals surface area (Å²) in [4.78, 5) is 8.51. The van der Waals surface area contributed by atoms with E-state index in [-0.39, 0.29) is 0 Å². The van der Waals surface area contributed by atoms with Gasteiger partial charge in [-0.3, -0.25) is 4.98 Å². The van der Waals surface area contributed by atoms with Gasteiger partial charge in [-0.15, -0.1) is 0 Å². The van der Waals surface area contributed by atoms with Crippen molar-refractivity contribution >= 4 is 10.9 Å². The van der Waals surface area contributed by atoms with Gasteiger partial charge in [-0.1, -0.05) is 18.2 Å². The van der Waals surface area contributed by atoms with Gasteiger partial charge in [-0.25, -0.2) is 4.98 Å². The molecule has 0 N–H and O–H groups in total. The van der Waals surface area contributed by atoms with Crippen molar-refractivity contribution in [2.75, 3.05) is 0 Å². The van der Waals surface area contributed by atoms with Crippen LogP contribution in [0.1, 0.15) is 11.3 Å². The summed E-state index contributed by atoms with van der Waals surface area (Å²) < 4.78 is 0. The highest BCUT2D eigenvalue weighted by Gasteiger charge is 2.09. The maximum Gasteiger partial charge on any atom is 0.141 e. The molecule has 0 atom stereocenters. The van der Waals surface area contributed by atoms with E-state index >= 15 is 0 Å². The molecule has 2 heterocycles. The van der Waals surface area contributed by atoms with Gasteiger partial charge >= 0.3 is 0 Å². The summed E-state index contributed by atoms with van der Waals surface area (Å²) in [5.41, 5.74) is 4.44. The highest BCUT2D eigenvalue weighted by molar-refractivity contribution is 5.95. The number of rotatable bonds is 1. The molecule has 19 heavy (non-hydrogen) atoms. The van der Waals surface area contributed by atoms with Crippen LogP contribution >= 0.6 is 0 Å². The minimum absolute atomic E-state index is 0.428. The van der Waals surface area contributed by atoms with Gasteiger partial charge in [-0.2, -0.15) is 5.26 Å². The molecule has 0 bridgehead atoms. The molecular weight excluding hydrogens is 234 g/mol. The lowest BCUT2D eigenvalue weighted by atomic mass is 9.98. The van der Waals surface area contributed by atoms with Gasteiger partial charge in [0, 0.05) is 23.3 Å². The first-order chi connectivity index (χ1) is 9.29. The van der Waals surface area contributed by atoms with Crippen LogP contribution < -0.4 is 0 Å². The molecule has 0 saturated heterocycles. The quantitative estimate of drug-likeness (QED) is 0.659. The first kappa shape index (κ1) is 11.4. The number of benzene rings is 1. The van der Waals surface area contributed by atoms with Crippen LogP contribution in [-0.2, 0) is 0 Å². The third-order valence-electron chi connectivity index (χ3n) is 3.16. The van der Waals surface area contributed by atoms with E-state index in [2.05, 4.69) is 16.0 Å². The zero-order valence-corrected chi connectivity index (χ0v) is 10.5. The number of hydrogen-bond acceptors (Lipinski definition) is 3. The van der Waals surface area contributed by atoms with Crippen molar-refractivity contribution in [2.45, 2.75) is 6.92 Å². The Morgan fingerprint density at radius 3 is 2.74 bits per heavy atom. The average Bonchev–Trinajstić information content (AvgIpc) is 2.46. The molecule has 0 aliphatic carbocycles. The molecule has 3 rings (SSSR count). The summed E-state index contributed by atoms with van der Waals surface area (Å²) in [7, 11) is 0. The number of para-hydroxylation sites is 1. The first-order valence-electron chi connectivity index (χ1n) is 6.00. The summed E-state index contributed by atoms with van der Waals surface area (Å²) in [6.45, 7) is 2.04. The summed E-state index contributed by atoms with van der Waals surface area (Å²) in [5, 5.41) is 10.1. The Bertz CT molecular complexity index is 800. The Morgan fingerprint density at radius 1 is 1.11 bits per heavy atom. The summed E-state index contributed by atoms with van der Waals surface area (Å²) in [5.74, 6) is 0. The maximum atomic E-state index is 9.11. The lowest BCUT2D eigenvalue weighted by molar-refractivity contribution is 1.28. The molecule has 0 saturated carbocycles. The SMILES string of the molecule is Cc1ccncc1-c1cc(C#N)nc2ccccc12. The van der Waals surface area contributed by atoms with E-state index in [1.54, 1.807) is 6.20 Å². The number of nitrogens with zero attached hydrogens (tertiary/aromatic N) is 3. The van der Waals surface area contributed by atoms with Crippen molar-refractivity contribution in [1.29, 1.82) is 5.26 Å². The predicted octanol–water partition coefficient (Wildman–Crippen LogP) is 3.48. The number of aryl methyl sites for hydroxylation is 1. The van der Waals surface area contributed by atoms with E-state index in [0.29, 0.717) is 5.69 Å².